The molecule has 0 fully saturated rings. The zero-order chi connectivity index (χ0) is 4.50. The molecule has 0 atom stereocenters. The van der Waals surface area contributed by atoms with E-state index in [9.17, 15) is 0 Å². The summed E-state index contributed by atoms with van der Waals surface area (Å²) in [6.07, 6.45) is 0. The maximum Gasteiger partial charge on any atom is 2.00 e. The predicted octanol–water partition coefficient (Wildman–Crippen LogP) is -12.3. The molecule has 0 aliphatic heterocycles. The summed E-state index contributed by atoms with van der Waals surface area (Å²) in [6.45, 7) is 0. The number of hydrogen-bond acceptors (Lipinski definition) is 4. The van der Waals surface area contributed by atoms with Gasteiger partial charge in [-0.05, 0) is 0 Å². The van der Waals surface area contributed by atoms with Crippen molar-refractivity contribution in [3.05, 3.63) is 0 Å². The molecule has 0 aromatic rings. The maximum absolute atomic E-state index is 8.55. The summed E-state index contributed by atoms with van der Waals surface area (Å²) in [5.41, 5.74) is 0. The van der Waals surface area contributed by atoms with E-state index in [2.05, 4.69) is 0 Å². The SMILES string of the molecule is O=P([O-])([O-])[O-].[H-].[H-].[H-].[H-].[H-].[H-].[K+].[K+].[K+].[Mg+2].[Mg+2].[Mg+2]. The third-order valence-electron chi connectivity index (χ3n) is 0. The first-order valence-corrected chi connectivity index (χ1v) is 2.19. The maximum atomic E-state index is 8.55. The van der Waals surface area contributed by atoms with Crippen molar-refractivity contribution in [3.8, 4) is 0 Å². The summed E-state index contributed by atoms with van der Waals surface area (Å²) in [4.78, 5) is 25.6. The third-order valence-corrected chi connectivity index (χ3v) is 0. The summed E-state index contributed by atoms with van der Waals surface area (Å²) in [6, 6.07) is 0. The van der Waals surface area contributed by atoms with Crippen molar-refractivity contribution in [1.29, 1.82) is 0 Å². The topological polar surface area (TPSA) is 86.2 Å². The summed E-state index contributed by atoms with van der Waals surface area (Å²) < 4.78 is 8.55. The van der Waals surface area contributed by atoms with Crippen LogP contribution in [0.1, 0.15) is 8.56 Å². The second kappa shape index (κ2) is 26.0. The monoisotopic (exact) mass is 290 g/mol. The van der Waals surface area contributed by atoms with Gasteiger partial charge in [0.15, 0.2) is 0 Å². The van der Waals surface area contributed by atoms with E-state index in [4.69, 9.17) is 19.2 Å². The molecule has 0 aliphatic carbocycles. The molecule has 0 heterocycles. The van der Waals surface area contributed by atoms with Gasteiger partial charge in [0, 0.05) is 0 Å². The third kappa shape index (κ3) is 75.9. The normalized spacial score (nSPS) is 5.36. The predicted molar refractivity (Wildman–Crippen MR) is 31.5 cm³/mol. The second-order valence-corrected chi connectivity index (χ2v) is 1.34. The number of phosphoric acid groups is 1. The molecule has 0 aromatic carbocycles. The zero-order valence-electron chi connectivity index (χ0n) is 13.2. The molecule has 0 bridgehead atoms. The largest absolute Gasteiger partial charge is 2.00 e. The van der Waals surface area contributed by atoms with E-state index in [1.807, 2.05) is 0 Å². The molecular weight excluding hydrogens is 285 g/mol. The molecule has 0 aliphatic rings. The van der Waals surface area contributed by atoms with E-state index in [1.54, 1.807) is 0 Å². The van der Waals surface area contributed by atoms with Gasteiger partial charge >= 0.3 is 223 Å². The molecule has 0 saturated carbocycles. The van der Waals surface area contributed by atoms with Crippen LogP contribution in [0.2, 0.25) is 0 Å². The first-order valence-electron chi connectivity index (χ1n) is 0.730. The minimum atomic E-state index is -5.39. The quantitative estimate of drug-likeness (QED) is 0.328. The summed E-state index contributed by atoms with van der Waals surface area (Å²) in [5, 5.41) is 0. The summed E-state index contributed by atoms with van der Waals surface area (Å²) in [5.74, 6) is 0. The van der Waals surface area contributed by atoms with E-state index in [-0.39, 0.29) is 232 Å². The molecule has 0 radical (unpaired) electrons. The fourth-order valence-corrected chi connectivity index (χ4v) is 0. The molecule has 0 rings (SSSR count). The Morgan fingerprint density at radius 3 is 0.818 bits per heavy atom. The van der Waals surface area contributed by atoms with Gasteiger partial charge < -0.3 is 27.8 Å². The van der Waals surface area contributed by atoms with E-state index in [0.29, 0.717) is 0 Å². The van der Waals surface area contributed by atoms with Crippen LogP contribution in [0.4, 0.5) is 0 Å². The standard InChI is InChI=1S/3K.3Mg.H3O4P.6H/c;;;;;;1-5(2,3)4;;;;;;/h;;;;;;(H3,1,2,3,4);;;;;;/q3*+1;3*+2;;6*-1/p-3. The van der Waals surface area contributed by atoms with Crippen LogP contribution >= 0.6 is 7.82 Å². The van der Waals surface area contributed by atoms with E-state index in [1.165, 1.54) is 0 Å². The Balaban J connectivity index is -0.00000000121. The van der Waals surface area contributed by atoms with Crippen LogP contribution in [-0.4, -0.2) is 69.2 Å². The molecule has 0 saturated heterocycles. The summed E-state index contributed by atoms with van der Waals surface area (Å²) >= 11 is 0. The van der Waals surface area contributed by atoms with Gasteiger partial charge in [0.05, 0.1) is 0 Å². The van der Waals surface area contributed by atoms with Crippen LogP contribution in [0, 0.1) is 0 Å². The van der Waals surface area contributed by atoms with E-state index in [0.717, 1.165) is 0 Å². The molecular formula is H6K3Mg3O4P. The van der Waals surface area contributed by atoms with Crippen LogP contribution in [0.3, 0.4) is 0 Å². The zero-order valence-corrected chi connectivity index (χ0v) is 21.7. The van der Waals surface area contributed by atoms with Gasteiger partial charge in [0.25, 0.3) is 0 Å². The average Bonchev–Trinajstić information content (AvgIpc) is 0.722. The van der Waals surface area contributed by atoms with Gasteiger partial charge in [0.1, 0.15) is 0 Å². The molecule has 11 heteroatoms. The summed E-state index contributed by atoms with van der Waals surface area (Å²) in [7, 11) is -5.39. The van der Waals surface area contributed by atoms with Crippen LogP contribution < -0.4 is 169 Å². The molecule has 44 valence electrons. The second-order valence-electron chi connectivity index (χ2n) is 0.447. The van der Waals surface area contributed by atoms with Crippen molar-refractivity contribution >= 4 is 77.0 Å². The van der Waals surface area contributed by atoms with Crippen LogP contribution in [0.5, 0.6) is 0 Å². The van der Waals surface area contributed by atoms with Gasteiger partial charge in [-0.15, -0.1) is 0 Å². The van der Waals surface area contributed by atoms with Crippen molar-refractivity contribution in [2.45, 2.75) is 0 Å². The average molecular weight is 291 g/mol. The fraction of sp³-hybridized carbons (Fsp3) is 0. The van der Waals surface area contributed by atoms with Gasteiger partial charge in [-0.3, -0.25) is 0 Å². The first kappa shape index (κ1) is 42.9. The fourth-order valence-electron chi connectivity index (χ4n) is 0. The van der Waals surface area contributed by atoms with Gasteiger partial charge in [-0.1, -0.05) is 0 Å². The van der Waals surface area contributed by atoms with Crippen molar-refractivity contribution in [1.82, 2.24) is 0 Å². The molecule has 0 amide bonds. The molecule has 0 spiro atoms. The van der Waals surface area contributed by atoms with Crippen molar-refractivity contribution in [2.75, 3.05) is 0 Å². The van der Waals surface area contributed by atoms with Gasteiger partial charge in [0.2, 0.25) is 0 Å². The van der Waals surface area contributed by atoms with Crippen molar-refractivity contribution < 1.29 is 182 Å². The Bertz CT molecular complexity index is 82.6. The van der Waals surface area contributed by atoms with Crippen LogP contribution in [0.15, 0.2) is 0 Å². The van der Waals surface area contributed by atoms with E-state index >= 15 is 0 Å². The van der Waals surface area contributed by atoms with Gasteiger partial charge in [-0.25, -0.2) is 0 Å². The van der Waals surface area contributed by atoms with Crippen molar-refractivity contribution in [2.24, 2.45) is 0 Å². The Kier molecular flexibility index (Phi) is 101. The Hall–Kier alpha value is 7.32. The van der Waals surface area contributed by atoms with Crippen molar-refractivity contribution in [3.63, 3.8) is 0 Å². The Morgan fingerprint density at radius 2 is 0.818 bits per heavy atom. The molecule has 11 heavy (non-hydrogen) atoms. The van der Waals surface area contributed by atoms with E-state index < -0.39 is 7.82 Å². The molecule has 0 N–H and O–H groups in total. The first-order chi connectivity index (χ1) is 2.00. The minimum Gasteiger partial charge on any atom is -1.00 e. The molecule has 0 aromatic heterocycles. The number of rotatable bonds is 0. The van der Waals surface area contributed by atoms with Crippen LogP contribution in [-0.2, 0) is 4.57 Å². The minimum absolute atomic E-state index is 0. The molecule has 4 nitrogen and oxygen atoms in total. The number of hydrogen-bond donors (Lipinski definition) is 0. The smallest absolute Gasteiger partial charge is 1.00 e. The molecule has 0 unspecified atom stereocenters. The van der Waals surface area contributed by atoms with Crippen LogP contribution in [0.25, 0.3) is 0 Å². The Morgan fingerprint density at radius 1 is 0.818 bits per heavy atom. The Labute approximate surface area is 251 Å². The van der Waals surface area contributed by atoms with Gasteiger partial charge in [-0.2, -0.15) is 7.82 Å².